The molecule has 82 valence electrons. The number of hydrogen-bond acceptors (Lipinski definition) is 2. The van der Waals surface area contributed by atoms with Crippen molar-refractivity contribution in [2.45, 2.75) is 13.3 Å². The molecule has 1 unspecified atom stereocenters. The van der Waals surface area contributed by atoms with Gasteiger partial charge in [0.1, 0.15) is 0 Å². The Morgan fingerprint density at radius 2 is 2.40 bits per heavy atom. The van der Waals surface area contributed by atoms with E-state index >= 15 is 0 Å². The zero-order chi connectivity index (χ0) is 10.7. The van der Waals surface area contributed by atoms with Crippen LogP contribution in [0.2, 0.25) is 0 Å². The number of nitrogens with one attached hydrogen (secondary N) is 1. The number of benzene rings is 1. The van der Waals surface area contributed by atoms with Crippen LogP contribution < -0.4 is 5.32 Å². The monoisotopic (exact) mass is 317 g/mol. The molecule has 0 aliphatic carbocycles. The minimum atomic E-state index is 0.684. The van der Waals surface area contributed by atoms with E-state index in [1.54, 1.807) is 0 Å². The van der Waals surface area contributed by atoms with Gasteiger partial charge in [0.15, 0.2) is 0 Å². The van der Waals surface area contributed by atoms with Gasteiger partial charge in [0.05, 0.1) is 6.61 Å². The first-order valence-electron chi connectivity index (χ1n) is 5.33. The number of rotatable bonds is 3. The second-order valence-corrected chi connectivity index (χ2v) is 5.24. The van der Waals surface area contributed by atoms with E-state index in [1.165, 1.54) is 21.2 Å². The van der Waals surface area contributed by atoms with Gasteiger partial charge in [0.25, 0.3) is 0 Å². The smallest absolute Gasteiger partial charge is 0.0511 e. The molecule has 15 heavy (non-hydrogen) atoms. The van der Waals surface area contributed by atoms with Crippen molar-refractivity contribution >= 4 is 28.3 Å². The van der Waals surface area contributed by atoms with E-state index in [4.69, 9.17) is 4.74 Å². The average molecular weight is 317 g/mol. The number of halogens is 1. The molecular weight excluding hydrogens is 301 g/mol. The van der Waals surface area contributed by atoms with Crippen LogP contribution in [-0.2, 0) is 4.74 Å². The summed E-state index contributed by atoms with van der Waals surface area (Å²) in [6, 6.07) is 6.51. The molecule has 0 saturated carbocycles. The van der Waals surface area contributed by atoms with Gasteiger partial charge >= 0.3 is 0 Å². The zero-order valence-corrected chi connectivity index (χ0v) is 11.1. The van der Waals surface area contributed by atoms with Gasteiger partial charge in [-0.15, -0.1) is 0 Å². The van der Waals surface area contributed by atoms with Crippen LogP contribution in [0, 0.1) is 16.4 Å². The van der Waals surface area contributed by atoms with Crippen molar-refractivity contribution in [3.8, 4) is 0 Å². The summed E-state index contributed by atoms with van der Waals surface area (Å²) in [6.07, 6.45) is 1.19. The molecule has 0 bridgehead atoms. The fraction of sp³-hybridized carbons (Fsp3) is 0.500. The summed E-state index contributed by atoms with van der Waals surface area (Å²) in [5, 5.41) is 3.47. The van der Waals surface area contributed by atoms with Crippen molar-refractivity contribution in [3.05, 3.63) is 27.3 Å². The molecule has 2 rings (SSSR count). The van der Waals surface area contributed by atoms with E-state index in [9.17, 15) is 0 Å². The van der Waals surface area contributed by atoms with Crippen LogP contribution in [0.25, 0.3) is 0 Å². The number of ether oxygens (including phenoxy) is 1. The molecule has 0 radical (unpaired) electrons. The van der Waals surface area contributed by atoms with Crippen molar-refractivity contribution in [1.82, 2.24) is 0 Å². The molecule has 1 aliphatic heterocycles. The first kappa shape index (κ1) is 11.2. The second kappa shape index (κ2) is 5.16. The summed E-state index contributed by atoms with van der Waals surface area (Å²) < 4.78 is 6.67. The average Bonchev–Trinajstić information content (AvgIpc) is 2.73. The molecule has 0 amide bonds. The van der Waals surface area contributed by atoms with Gasteiger partial charge in [-0.3, -0.25) is 0 Å². The van der Waals surface area contributed by atoms with Crippen molar-refractivity contribution in [3.63, 3.8) is 0 Å². The first-order chi connectivity index (χ1) is 7.25. The molecule has 3 heteroatoms. The minimum absolute atomic E-state index is 0.684. The van der Waals surface area contributed by atoms with Gasteiger partial charge in [-0.2, -0.15) is 0 Å². The van der Waals surface area contributed by atoms with E-state index < -0.39 is 0 Å². The fourth-order valence-electron chi connectivity index (χ4n) is 1.71. The maximum absolute atomic E-state index is 5.35. The Hall–Kier alpha value is -0.290. The van der Waals surface area contributed by atoms with Crippen LogP contribution in [0.15, 0.2) is 18.2 Å². The molecule has 2 nitrogen and oxygen atoms in total. The topological polar surface area (TPSA) is 21.3 Å². The summed E-state index contributed by atoms with van der Waals surface area (Å²) in [5.41, 5.74) is 2.56. The number of hydrogen-bond donors (Lipinski definition) is 1. The Kier molecular flexibility index (Phi) is 3.86. The number of aryl methyl sites for hydroxylation is 1. The molecule has 1 heterocycles. The highest BCUT2D eigenvalue weighted by Gasteiger charge is 2.14. The predicted octanol–water partition coefficient (Wildman–Crippen LogP) is 3.05. The maximum Gasteiger partial charge on any atom is 0.0511 e. The van der Waals surface area contributed by atoms with Gasteiger partial charge in [0.2, 0.25) is 0 Å². The second-order valence-electron chi connectivity index (χ2n) is 4.07. The summed E-state index contributed by atoms with van der Waals surface area (Å²) in [7, 11) is 0. The molecule has 1 aromatic rings. The van der Waals surface area contributed by atoms with Gasteiger partial charge in [-0.1, -0.05) is 6.07 Å². The van der Waals surface area contributed by atoms with E-state index in [1.807, 2.05) is 0 Å². The standard InChI is InChI=1S/C12H16INO/c1-9-2-3-11(6-12(9)13)14-7-10-4-5-15-8-10/h2-3,6,10,14H,4-5,7-8H2,1H3. The molecule has 0 spiro atoms. The Morgan fingerprint density at radius 3 is 3.07 bits per heavy atom. The molecule has 0 aromatic heterocycles. The van der Waals surface area contributed by atoms with Crippen LogP contribution in [0.4, 0.5) is 5.69 Å². The molecular formula is C12H16INO. The van der Waals surface area contributed by atoms with Gasteiger partial charge in [0, 0.05) is 28.3 Å². The Morgan fingerprint density at radius 1 is 1.53 bits per heavy atom. The highest BCUT2D eigenvalue weighted by atomic mass is 127. The molecule has 1 N–H and O–H groups in total. The Bertz CT molecular complexity index is 334. The molecule has 1 aromatic carbocycles. The lowest BCUT2D eigenvalue weighted by atomic mass is 10.1. The molecule has 1 aliphatic rings. The van der Waals surface area contributed by atoms with Crippen LogP contribution in [-0.4, -0.2) is 19.8 Å². The quantitative estimate of drug-likeness (QED) is 0.865. The van der Waals surface area contributed by atoms with Crippen LogP contribution in [0.1, 0.15) is 12.0 Å². The normalized spacial score (nSPS) is 20.5. The lowest BCUT2D eigenvalue weighted by Gasteiger charge is -2.11. The van der Waals surface area contributed by atoms with Crippen molar-refractivity contribution < 1.29 is 4.74 Å². The third-order valence-corrected chi connectivity index (χ3v) is 3.95. The molecule has 1 fully saturated rings. The van der Waals surface area contributed by atoms with Gasteiger partial charge in [-0.25, -0.2) is 0 Å². The summed E-state index contributed by atoms with van der Waals surface area (Å²) >= 11 is 2.37. The van der Waals surface area contributed by atoms with Crippen molar-refractivity contribution in [2.75, 3.05) is 25.1 Å². The van der Waals surface area contributed by atoms with Gasteiger partial charge in [-0.05, 0) is 53.6 Å². The first-order valence-corrected chi connectivity index (χ1v) is 6.41. The minimum Gasteiger partial charge on any atom is -0.385 e. The summed E-state index contributed by atoms with van der Waals surface area (Å²) in [5.74, 6) is 0.684. The van der Waals surface area contributed by atoms with Crippen LogP contribution >= 0.6 is 22.6 Å². The fourth-order valence-corrected chi connectivity index (χ4v) is 2.22. The number of anilines is 1. The van der Waals surface area contributed by atoms with E-state index in [0.717, 1.165) is 19.8 Å². The van der Waals surface area contributed by atoms with Crippen LogP contribution in [0.5, 0.6) is 0 Å². The van der Waals surface area contributed by atoms with Crippen molar-refractivity contribution in [2.24, 2.45) is 5.92 Å². The van der Waals surface area contributed by atoms with Crippen LogP contribution in [0.3, 0.4) is 0 Å². The SMILES string of the molecule is Cc1ccc(NCC2CCOC2)cc1I. The maximum atomic E-state index is 5.35. The highest BCUT2D eigenvalue weighted by molar-refractivity contribution is 14.1. The summed E-state index contributed by atoms with van der Waals surface area (Å²) in [6.45, 7) is 5.00. The van der Waals surface area contributed by atoms with Crippen molar-refractivity contribution in [1.29, 1.82) is 0 Å². The van der Waals surface area contributed by atoms with Gasteiger partial charge < -0.3 is 10.1 Å². The Labute approximate surface area is 105 Å². The largest absolute Gasteiger partial charge is 0.385 e. The van der Waals surface area contributed by atoms with E-state index in [-0.39, 0.29) is 0 Å². The lowest BCUT2D eigenvalue weighted by molar-refractivity contribution is 0.187. The lowest BCUT2D eigenvalue weighted by Crippen LogP contribution is -2.14. The Balaban J connectivity index is 1.90. The third-order valence-electron chi connectivity index (χ3n) is 2.79. The highest BCUT2D eigenvalue weighted by Crippen LogP contribution is 2.18. The van der Waals surface area contributed by atoms with E-state index in [0.29, 0.717) is 5.92 Å². The summed E-state index contributed by atoms with van der Waals surface area (Å²) in [4.78, 5) is 0. The molecule has 1 atom stereocenters. The zero-order valence-electron chi connectivity index (χ0n) is 8.92. The predicted molar refractivity (Wildman–Crippen MR) is 71.3 cm³/mol. The third kappa shape index (κ3) is 3.08. The molecule has 1 saturated heterocycles. The van der Waals surface area contributed by atoms with E-state index in [2.05, 4.69) is 53.0 Å².